The number of morpholine rings is 1. The van der Waals surface area contributed by atoms with Crippen LogP contribution in [0, 0.1) is 5.82 Å². The number of nitrogens with two attached hydrogens (primary N) is 1. The minimum atomic E-state index is -0.443. The Hall–Kier alpha value is -4.25. The van der Waals surface area contributed by atoms with Crippen LogP contribution in [0.15, 0.2) is 55.1 Å². The highest BCUT2D eigenvalue weighted by Crippen LogP contribution is 2.31. The largest absolute Gasteiger partial charge is 0.399 e. The fraction of sp³-hybridized carbons (Fsp3) is 0.217. The van der Waals surface area contributed by atoms with E-state index in [1.54, 1.807) is 29.5 Å². The zero-order valence-corrected chi connectivity index (χ0v) is 18.6. The number of hydrogen-bond acceptors (Lipinski definition) is 9. The number of hydrogen-bond donors (Lipinski definition) is 3. The molecule has 4 N–H and O–H groups in total. The number of ether oxygens (including phenoxy) is 1. The van der Waals surface area contributed by atoms with Crippen LogP contribution in [-0.4, -0.2) is 51.0 Å². The zero-order valence-electron chi connectivity index (χ0n) is 18.6. The molecule has 0 saturated carbocycles. The van der Waals surface area contributed by atoms with Gasteiger partial charge in [0.1, 0.15) is 17.5 Å². The van der Waals surface area contributed by atoms with Gasteiger partial charge in [-0.25, -0.2) is 14.4 Å². The molecule has 1 aliphatic rings. The number of nitrogens with zero attached hydrogens (tertiary/aromatic N) is 6. The van der Waals surface area contributed by atoms with Gasteiger partial charge in [-0.2, -0.15) is 10.1 Å². The van der Waals surface area contributed by atoms with E-state index in [2.05, 4.69) is 35.6 Å². The quantitative estimate of drug-likeness (QED) is 0.372. The van der Waals surface area contributed by atoms with E-state index in [-0.39, 0.29) is 5.69 Å². The molecular weight excluding hydrogens is 437 g/mol. The maximum Gasteiger partial charge on any atom is 0.229 e. The van der Waals surface area contributed by atoms with Crippen LogP contribution < -0.4 is 21.3 Å². The van der Waals surface area contributed by atoms with Crippen LogP contribution in [0.2, 0.25) is 0 Å². The third-order valence-corrected chi connectivity index (χ3v) is 5.39. The molecule has 0 spiro atoms. The Balaban J connectivity index is 1.49. The van der Waals surface area contributed by atoms with Crippen LogP contribution in [0.25, 0.3) is 11.1 Å². The van der Waals surface area contributed by atoms with Gasteiger partial charge in [-0.15, -0.1) is 0 Å². The molecule has 34 heavy (non-hydrogen) atoms. The summed E-state index contributed by atoms with van der Waals surface area (Å²) in [6.45, 7) is 2.96. The summed E-state index contributed by atoms with van der Waals surface area (Å²) in [5.41, 5.74) is 8.70. The van der Waals surface area contributed by atoms with Crippen molar-refractivity contribution in [3.8, 4) is 11.1 Å². The van der Waals surface area contributed by atoms with E-state index in [1.807, 2.05) is 19.2 Å². The maximum atomic E-state index is 14.5. The first kappa shape index (κ1) is 21.6. The fourth-order valence-electron chi connectivity index (χ4n) is 3.65. The van der Waals surface area contributed by atoms with E-state index in [0.29, 0.717) is 36.2 Å². The van der Waals surface area contributed by atoms with Crippen molar-refractivity contribution in [1.29, 1.82) is 0 Å². The highest BCUT2D eigenvalue weighted by atomic mass is 19.1. The highest BCUT2D eigenvalue weighted by molar-refractivity contribution is 5.79. The Bertz CT molecular complexity index is 1290. The normalized spacial score (nSPS) is 13.6. The summed E-state index contributed by atoms with van der Waals surface area (Å²) in [6, 6.07) is 8.24. The summed E-state index contributed by atoms with van der Waals surface area (Å²) in [7, 11) is 1.82. The SMILES string of the molecule is Cn1cc(Nc2ncc(-c3ccc(N4CCOCC4)nc3)c(Nc3cc(N)ccc3F)n2)cn1. The van der Waals surface area contributed by atoms with Gasteiger partial charge in [0.2, 0.25) is 5.95 Å². The summed E-state index contributed by atoms with van der Waals surface area (Å²) in [6.07, 6.45) is 6.90. The number of aromatic nitrogens is 5. The van der Waals surface area contributed by atoms with Crippen molar-refractivity contribution in [2.75, 3.05) is 47.6 Å². The summed E-state index contributed by atoms with van der Waals surface area (Å²) in [5, 5.41) is 10.3. The first-order chi connectivity index (χ1) is 16.5. The van der Waals surface area contributed by atoms with E-state index in [9.17, 15) is 4.39 Å². The van der Waals surface area contributed by atoms with Crippen LogP contribution >= 0.6 is 0 Å². The molecule has 1 aliphatic heterocycles. The van der Waals surface area contributed by atoms with Gasteiger partial charge < -0.3 is 26.0 Å². The average Bonchev–Trinajstić information content (AvgIpc) is 3.27. The number of pyridine rings is 1. The minimum absolute atomic E-state index is 0.213. The predicted octanol–water partition coefficient (Wildman–Crippen LogP) is 3.32. The zero-order chi connectivity index (χ0) is 23.5. The Morgan fingerprint density at radius 3 is 2.62 bits per heavy atom. The van der Waals surface area contributed by atoms with Crippen molar-refractivity contribution >= 4 is 34.6 Å². The van der Waals surface area contributed by atoms with Gasteiger partial charge in [0.15, 0.2) is 0 Å². The van der Waals surface area contributed by atoms with Gasteiger partial charge in [0, 0.05) is 55.5 Å². The van der Waals surface area contributed by atoms with Crippen LogP contribution in [0.5, 0.6) is 0 Å². The van der Waals surface area contributed by atoms with Crippen LogP contribution in [0.4, 0.5) is 39.0 Å². The molecule has 0 bridgehead atoms. The first-order valence-electron chi connectivity index (χ1n) is 10.8. The van der Waals surface area contributed by atoms with Crippen molar-refractivity contribution in [2.24, 2.45) is 7.05 Å². The van der Waals surface area contributed by atoms with E-state index >= 15 is 0 Å². The molecule has 1 aromatic carbocycles. The molecule has 0 amide bonds. The molecule has 1 saturated heterocycles. The Labute approximate surface area is 195 Å². The van der Waals surface area contributed by atoms with Crippen LogP contribution in [0.1, 0.15) is 0 Å². The minimum Gasteiger partial charge on any atom is -0.399 e. The lowest BCUT2D eigenvalue weighted by molar-refractivity contribution is 0.122. The molecule has 0 aliphatic carbocycles. The third-order valence-electron chi connectivity index (χ3n) is 5.39. The number of nitrogen functional groups attached to an aromatic ring is 1. The lowest BCUT2D eigenvalue weighted by Crippen LogP contribution is -2.36. The van der Waals surface area contributed by atoms with Crippen LogP contribution in [-0.2, 0) is 11.8 Å². The second-order valence-electron chi connectivity index (χ2n) is 7.85. The monoisotopic (exact) mass is 461 g/mol. The van der Waals surface area contributed by atoms with Gasteiger partial charge in [-0.3, -0.25) is 4.68 Å². The molecule has 0 unspecified atom stereocenters. The summed E-state index contributed by atoms with van der Waals surface area (Å²) in [5.74, 6) is 1.17. The second-order valence-corrected chi connectivity index (χ2v) is 7.85. The molecule has 1 fully saturated rings. The second kappa shape index (κ2) is 9.32. The van der Waals surface area contributed by atoms with Crippen molar-refractivity contribution in [2.45, 2.75) is 0 Å². The van der Waals surface area contributed by atoms with Crippen LogP contribution in [0.3, 0.4) is 0 Å². The number of anilines is 6. The molecule has 5 rings (SSSR count). The van der Waals surface area contributed by atoms with Crippen molar-refractivity contribution in [3.63, 3.8) is 0 Å². The summed E-state index contributed by atoms with van der Waals surface area (Å²) < 4.78 is 21.6. The molecule has 10 nitrogen and oxygen atoms in total. The predicted molar refractivity (Wildman–Crippen MR) is 129 cm³/mol. The number of aryl methyl sites for hydroxylation is 1. The van der Waals surface area contributed by atoms with E-state index in [0.717, 1.165) is 30.2 Å². The average molecular weight is 462 g/mol. The highest BCUT2D eigenvalue weighted by Gasteiger charge is 2.16. The van der Waals surface area contributed by atoms with Crippen molar-refractivity contribution in [3.05, 3.63) is 60.9 Å². The van der Waals surface area contributed by atoms with E-state index < -0.39 is 5.82 Å². The van der Waals surface area contributed by atoms with Crippen molar-refractivity contribution in [1.82, 2.24) is 24.7 Å². The van der Waals surface area contributed by atoms with E-state index in [1.165, 1.54) is 18.2 Å². The fourth-order valence-corrected chi connectivity index (χ4v) is 3.65. The number of nitrogens with one attached hydrogen (secondary N) is 2. The Morgan fingerprint density at radius 1 is 1.03 bits per heavy atom. The Kier molecular flexibility index (Phi) is 5.91. The van der Waals surface area contributed by atoms with Gasteiger partial charge in [0.05, 0.1) is 30.8 Å². The van der Waals surface area contributed by atoms with Gasteiger partial charge >= 0.3 is 0 Å². The molecule has 4 heterocycles. The number of halogens is 1. The van der Waals surface area contributed by atoms with Crippen molar-refractivity contribution < 1.29 is 9.13 Å². The van der Waals surface area contributed by atoms with Gasteiger partial charge in [-0.1, -0.05) is 0 Å². The van der Waals surface area contributed by atoms with Gasteiger partial charge in [0.25, 0.3) is 0 Å². The lowest BCUT2D eigenvalue weighted by atomic mass is 10.1. The molecule has 4 aromatic rings. The number of rotatable bonds is 6. The van der Waals surface area contributed by atoms with E-state index in [4.69, 9.17) is 10.5 Å². The molecule has 0 atom stereocenters. The number of benzene rings is 1. The molecule has 3 aromatic heterocycles. The lowest BCUT2D eigenvalue weighted by Gasteiger charge is -2.27. The smallest absolute Gasteiger partial charge is 0.229 e. The topological polar surface area (TPSA) is 119 Å². The maximum absolute atomic E-state index is 14.5. The molecule has 174 valence electrons. The molecule has 0 radical (unpaired) electrons. The first-order valence-corrected chi connectivity index (χ1v) is 10.8. The van der Waals surface area contributed by atoms with Gasteiger partial charge in [-0.05, 0) is 30.3 Å². The Morgan fingerprint density at radius 2 is 1.88 bits per heavy atom. The summed E-state index contributed by atoms with van der Waals surface area (Å²) in [4.78, 5) is 15.8. The third kappa shape index (κ3) is 4.74. The standard InChI is InChI=1S/C23H24FN9O/c1-32-14-17(12-28-32)29-23-27-13-18(22(31-23)30-20-10-16(25)3-4-19(20)24)15-2-5-21(26-11-15)33-6-8-34-9-7-33/h2-5,10-14H,6-9,25H2,1H3,(H2,27,29,30,31). The summed E-state index contributed by atoms with van der Waals surface area (Å²) >= 11 is 0. The molecular formula is C23H24FN9O. The molecule has 11 heteroatoms.